The van der Waals surface area contributed by atoms with E-state index in [0.717, 1.165) is 16.7 Å². The summed E-state index contributed by atoms with van der Waals surface area (Å²) in [5.74, 6) is 0.314. The molecule has 3 aromatic carbocycles. The maximum absolute atomic E-state index is 12.7. The van der Waals surface area contributed by atoms with Crippen LogP contribution in [-0.2, 0) is 34.5 Å². The van der Waals surface area contributed by atoms with Crippen molar-refractivity contribution in [3.05, 3.63) is 95.6 Å². The second-order valence-electron chi connectivity index (χ2n) is 6.22. The Balaban J connectivity index is 1.66. The maximum atomic E-state index is 12.7. The molecule has 0 amide bonds. The van der Waals surface area contributed by atoms with Gasteiger partial charge in [0.2, 0.25) is 10.0 Å². The summed E-state index contributed by atoms with van der Waals surface area (Å²) in [6, 6.07) is 24.1. The zero-order valence-electron chi connectivity index (χ0n) is 15.7. The first-order valence-corrected chi connectivity index (χ1v) is 10.4. The summed E-state index contributed by atoms with van der Waals surface area (Å²) in [6.07, 6.45) is 0. The maximum Gasteiger partial charge on any atom is 0.244 e. The minimum atomic E-state index is -3.70. The third-order valence-corrected chi connectivity index (χ3v) is 5.74. The largest absolute Gasteiger partial charge is 0.495 e. The van der Waals surface area contributed by atoms with E-state index in [1.165, 1.54) is 13.2 Å². The molecule has 0 aliphatic carbocycles. The highest BCUT2D eigenvalue weighted by molar-refractivity contribution is 7.89. The molecule has 0 spiro atoms. The molecule has 6 heteroatoms. The summed E-state index contributed by atoms with van der Waals surface area (Å²) in [5.41, 5.74) is 2.91. The number of methoxy groups -OCH3 is 1. The van der Waals surface area contributed by atoms with Crippen LogP contribution in [0, 0.1) is 0 Å². The number of sulfonamides is 1. The SMILES string of the molecule is COc1ccccc1S(=O)(=O)NCc1ccccc1COCc1ccccc1. The van der Waals surface area contributed by atoms with E-state index >= 15 is 0 Å². The van der Waals surface area contributed by atoms with Crippen molar-refractivity contribution in [1.82, 2.24) is 4.72 Å². The molecule has 0 fully saturated rings. The van der Waals surface area contributed by atoms with Gasteiger partial charge in [0.05, 0.1) is 20.3 Å². The Hall–Kier alpha value is -2.67. The van der Waals surface area contributed by atoms with E-state index in [1.807, 2.05) is 54.6 Å². The highest BCUT2D eigenvalue weighted by Crippen LogP contribution is 2.23. The molecule has 0 radical (unpaired) electrons. The molecule has 0 aromatic heterocycles. The van der Waals surface area contributed by atoms with Crippen molar-refractivity contribution in [2.75, 3.05) is 7.11 Å². The quantitative estimate of drug-likeness (QED) is 0.595. The lowest BCUT2D eigenvalue weighted by Crippen LogP contribution is -2.24. The topological polar surface area (TPSA) is 64.6 Å². The first-order chi connectivity index (χ1) is 13.6. The van der Waals surface area contributed by atoms with Crippen LogP contribution < -0.4 is 9.46 Å². The van der Waals surface area contributed by atoms with Crippen LogP contribution >= 0.6 is 0 Å². The minimum absolute atomic E-state index is 0.121. The van der Waals surface area contributed by atoms with Crippen LogP contribution in [-0.4, -0.2) is 15.5 Å². The van der Waals surface area contributed by atoms with Gasteiger partial charge in [-0.2, -0.15) is 0 Å². The van der Waals surface area contributed by atoms with Crippen LogP contribution in [0.4, 0.5) is 0 Å². The van der Waals surface area contributed by atoms with Gasteiger partial charge >= 0.3 is 0 Å². The lowest BCUT2D eigenvalue weighted by molar-refractivity contribution is 0.106. The molecule has 0 aliphatic heterocycles. The lowest BCUT2D eigenvalue weighted by Gasteiger charge is -2.13. The molecular weight excluding hydrogens is 374 g/mol. The van der Waals surface area contributed by atoms with Crippen LogP contribution in [0.3, 0.4) is 0 Å². The number of ether oxygens (including phenoxy) is 2. The van der Waals surface area contributed by atoms with Crippen molar-refractivity contribution in [2.24, 2.45) is 0 Å². The van der Waals surface area contributed by atoms with Crippen LogP contribution in [0.5, 0.6) is 5.75 Å². The Morgan fingerprint density at radius 1 is 0.786 bits per heavy atom. The predicted molar refractivity (Wildman–Crippen MR) is 108 cm³/mol. The highest BCUT2D eigenvalue weighted by Gasteiger charge is 2.19. The van der Waals surface area contributed by atoms with E-state index in [0.29, 0.717) is 19.0 Å². The molecular formula is C22H23NO4S. The number of benzene rings is 3. The number of para-hydroxylation sites is 1. The Kier molecular flexibility index (Phi) is 6.81. The van der Waals surface area contributed by atoms with Gasteiger partial charge in [-0.25, -0.2) is 13.1 Å². The van der Waals surface area contributed by atoms with Crippen molar-refractivity contribution >= 4 is 10.0 Å². The van der Waals surface area contributed by atoms with E-state index in [9.17, 15) is 8.42 Å². The number of hydrogen-bond donors (Lipinski definition) is 1. The van der Waals surface area contributed by atoms with Gasteiger partial charge < -0.3 is 9.47 Å². The molecule has 0 heterocycles. The third-order valence-electron chi connectivity index (χ3n) is 4.30. The summed E-state index contributed by atoms with van der Waals surface area (Å²) in [4.78, 5) is 0.121. The molecule has 3 rings (SSSR count). The first-order valence-electron chi connectivity index (χ1n) is 8.91. The normalized spacial score (nSPS) is 11.3. The van der Waals surface area contributed by atoms with E-state index in [-0.39, 0.29) is 11.4 Å². The minimum Gasteiger partial charge on any atom is -0.495 e. The van der Waals surface area contributed by atoms with Crippen molar-refractivity contribution in [3.63, 3.8) is 0 Å². The number of rotatable bonds is 9. The van der Waals surface area contributed by atoms with Crippen molar-refractivity contribution < 1.29 is 17.9 Å². The number of nitrogens with one attached hydrogen (secondary N) is 1. The zero-order chi connectivity index (χ0) is 19.8. The summed E-state index contributed by atoms with van der Waals surface area (Å²) < 4.78 is 39.0. The molecule has 146 valence electrons. The van der Waals surface area contributed by atoms with Gasteiger partial charge in [0.15, 0.2) is 0 Å². The first kappa shape index (κ1) is 20.1. The molecule has 0 atom stereocenters. The molecule has 3 aromatic rings. The molecule has 0 bridgehead atoms. The van der Waals surface area contributed by atoms with E-state index in [1.54, 1.807) is 18.2 Å². The summed E-state index contributed by atoms with van der Waals surface area (Å²) in [7, 11) is -2.25. The van der Waals surface area contributed by atoms with Crippen LogP contribution in [0.2, 0.25) is 0 Å². The molecule has 28 heavy (non-hydrogen) atoms. The second-order valence-corrected chi connectivity index (χ2v) is 7.96. The Morgan fingerprint density at radius 3 is 2.18 bits per heavy atom. The number of hydrogen-bond acceptors (Lipinski definition) is 4. The second kappa shape index (κ2) is 9.50. The fourth-order valence-corrected chi connectivity index (χ4v) is 3.99. The van der Waals surface area contributed by atoms with Crippen molar-refractivity contribution in [3.8, 4) is 5.75 Å². The van der Waals surface area contributed by atoms with Gasteiger partial charge in [-0.1, -0.05) is 66.7 Å². The standard InChI is InChI=1S/C22H23NO4S/c1-26-21-13-7-8-14-22(21)28(24,25)23-15-19-11-5-6-12-20(19)17-27-16-18-9-3-2-4-10-18/h2-14,23H,15-17H2,1H3. The molecule has 0 saturated heterocycles. The molecule has 0 saturated carbocycles. The summed E-state index contributed by atoms with van der Waals surface area (Å²) in [6.45, 7) is 1.08. The van der Waals surface area contributed by atoms with Gasteiger partial charge in [-0.3, -0.25) is 0 Å². The molecule has 1 N–H and O–H groups in total. The average molecular weight is 397 g/mol. The van der Waals surface area contributed by atoms with Crippen molar-refractivity contribution in [1.29, 1.82) is 0 Å². The van der Waals surface area contributed by atoms with Crippen LogP contribution in [0.15, 0.2) is 83.8 Å². The molecule has 5 nitrogen and oxygen atoms in total. The third kappa shape index (κ3) is 5.19. The Morgan fingerprint density at radius 2 is 1.43 bits per heavy atom. The fraction of sp³-hybridized carbons (Fsp3) is 0.182. The molecule has 0 unspecified atom stereocenters. The average Bonchev–Trinajstić information content (AvgIpc) is 2.74. The van der Waals surface area contributed by atoms with Gasteiger partial charge in [0.25, 0.3) is 0 Å². The zero-order valence-corrected chi connectivity index (χ0v) is 16.5. The van der Waals surface area contributed by atoms with E-state index in [4.69, 9.17) is 9.47 Å². The fourth-order valence-electron chi connectivity index (χ4n) is 2.82. The monoisotopic (exact) mass is 397 g/mol. The summed E-state index contributed by atoms with van der Waals surface area (Å²) >= 11 is 0. The Labute approximate surface area is 166 Å². The van der Waals surface area contributed by atoms with Crippen LogP contribution in [0.25, 0.3) is 0 Å². The smallest absolute Gasteiger partial charge is 0.244 e. The van der Waals surface area contributed by atoms with Gasteiger partial charge in [-0.05, 0) is 28.8 Å². The molecule has 0 aliphatic rings. The predicted octanol–water partition coefficient (Wildman–Crippen LogP) is 3.89. The van der Waals surface area contributed by atoms with Crippen LogP contribution in [0.1, 0.15) is 16.7 Å². The lowest BCUT2D eigenvalue weighted by atomic mass is 10.1. The van der Waals surface area contributed by atoms with Gasteiger partial charge in [0.1, 0.15) is 10.6 Å². The highest BCUT2D eigenvalue weighted by atomic mass is 32.2. The van der Waals surface area contributed by atoms with Gasteiger partial charge in [-0.15, -0.1) is 0 Å². The summed E-state index contributed by atoms with van der Waals surface area (Å²) in [5, 5.41) is 0. The van der Waals surface area contributed by atoms with E-state index < -0.39 is 10.0 Å². The Bertz CT molecular complexity index is 1000. The van der Waals surface area contributed by atoms with Crippen molar-refractivity contribution in [2.45, 2.75) is 24.7 Å². The van der Waals surface area contributed by atoms with Gasteiger partial charge in [0, 0.05) is 6.54 Å². The van der Waals surface area contributed by atoms with E-state index in [2.05, 4.69) is 4.72 Å².